The number of aromatic amines is 1. The highest BCUT2D eigenvalue weighted by molar-refractivity contribution is 6.03. The number of aromatic nitrogens is 5. The van der Waals surface area contributed by atoms with E-state index in [1.165, 1.54) is 0 Å². The Bertz CT molecular complexity index is 1280. The molecule has 4 aromatic rings. The van der Waals surface area contributed by atoms with Gasteiger partial charge in [0.05, 0.1) is 29.8 Å². The summed E-state index contributed by atoms with van der Waals surface area (Å²) in [5.74, 6) is 1.83. The zero-order chi connectivity index (χ0) is 22.4. The predicted octanol–water partition coefficient (Wildman–Crippen LogP) is 3.23. The summed E-state index contributed by atoms with van der Waals surface area (Å²) in [5, 5.41) is 7.29. The summed E-state index contributed by atoms with van der Waals surface area (Å²) in [6.45, 7) is 3.72. The number of carbonyl (C=O) groups is 1. The molecule has 0 atom stereocenters. The van der Waals surface area contributed by atoms with Crippen molar-refractivity contribution in [3.05, 3.63) is 54.2 Å². The smallest absolute Gasteiger partial charge is 0.258 e. The van der Waals surface area contributed by atoms with Gasteiger partial charge in [0, 0.05) is 37.8 Å². The van der Waals surface area contributed by atoms with Crippen molar-refractivity contribution in [2.75, 3.05) is 36.5 Å². The van der Waals surface area contributed by atoms with E-state index in [1.54, 1.807) is 10.9 Å². The van der Waals surface area contributed by atoms with E-state index in [0.717, 1.165) is 61.7 Å². The van der Waals surface area contributed by atoms with E-state index < -0.39 is 0 Å². The maximum absolute atomic E-state index is 12.8. The van der Waals surface area contributed by atoms with Gasteiger partial charge in [0.15, 0.2) is 11.6 Å². The van der Waals surface area contributed by atoms with Gasteiger partial charge < -0.3 is 19.9 Å². The summed E-state index contributed by atoms with van der Waals surface area (Å²) < 4.78 is 7.10. The van der Waals surface area contributed by atoms with Crippen LogP contribution in [0.25, 0.3) is 22.6 Å². The Labute approximate surface area is 190 Å². The Balaban J connectivity index is 1.13. The number of H-pyrrole nitrogens is 1. The quantitative estimate of drug-likeness (QED) is 0.502. The Morgan fingerprint density at radius 3 is 2.67 bits per heavy atom. The second-order valence-corrected chi connectivity index (χ2v) is 8.98. The minimum atomic E-state index is -0.243. The summed E-state index contributed by atoms with van der Waals surface area (Å²) in [6, 6.07) is 13.4. The fraction of sp³-hybridized carbons (Fsp3) is 0.333. The first kappa shape index (κ1) is 19.9. The fourth-order valence-electron chi connectivity index (χ4n) is 4.61. The van der Waals surface area contributed by atoms with Crippen LogP contribution in [-0.2, 0) is 11.8 Å². The minimum absolute atomic E-state index is 0.243. The number of pyridine rings is 1. The summed E-state index contributed by atoms with van der Waals surface area (Å²) >= 11 is 0. The molecule has 0 aliphatic carbocycles. The van der Waals surface area contributed by atoms with Crippen LogP contribution in [0.1, 0.15) is 23.2 Å². The van der Waals surface area contributed by atoms with Crippen molar-refractivity contribution in [1.82, 2.24) is 24.7 Å². The summed E-state index contributed by atoms with van der Waals surface area (Å²) in [7, 11) is 1.83. The maximum Gasteiger partial charge on any atom is 0.258 e. The number of rotatable bonds is 4. The highest BCUT2D eigenvalue weighted by Crippen LogP contribution is 2.39. The molecule has 2 saturated heterocycles. The minimum Gasteiger partial charge on any atom is -0.380 e. The molecule has 0 bridgehead atoms. The predicted molar refractivity (Wildman–Crippen MR) is 125 cm³/mol. The molecule has 3 aromatic heterocycles. The molecule has 2 aliphatic heterocycles. The third kappa shape index (κ3) is 3.64. The average molecular weight is 444 g/mol. The topological polar surface area (TPSA) is 101 Å². The molecular weight excluding hydrogens is 418 g/mol. The Kier molecular flexibility index (Phi) is 4.65. The van der Waals surface area contributed by atoms with Gasteiger partial charge >= 0.3 is 0 Å². The first-order valence-electron chi connectivity index (χ1n) is 11.2. The molecule has 0 unspecified atom stereocenters. The molecule has 1 amide bonds. The lowest BCUT2D eigenvalue weighted by Crippen LogP contribution is -2.51. The molecular formula is C24H25N7O2. The molecule has 1 spiro atoms. The number of amides is 1. The fourth-order valence-corrected chi connectivity index (χ4v) is 4.61. The van der Waals surface area contributed by atoms with Crippen LogP contribution < -0.4 is 10.2 Å². The van der Waals surface area contributed by atoms with Gasteiger partial charge in [-0.05, 0) is 37.1 Å². The molecule has 2 aliphatic rings. The van der Waals surface area contributed by atoms with Crippen molar-refractivity contribution in [2.45, 2.75) is 12.8 Å². The standard InChI is InChI=1S/C24H25N7O2/c1-30-19(22-26-17-4-2-3-5-18(17)27-22)12-20(29-30)28-23(32)16-6-7-21(25-13-16)31-10-8-24(9-11-31)14-33-15-24/h2-7,12-13H,8-11,14-15H2,1H3,(H,26,27)(H,28,29,32). The SMILES string of the molecule is Cn1nc(NC(=O)c2ccc(N3CCC4(CC3)COC4)nc2)cc1-c1nc2ccccc2[nH]1. The number of nitrogens with one attached hydrogen (secondary N) is 2. The normalized spacial score (nSPS) is 17.3. The average Bonchev–Trinajstić information content (AvgIpc) is 3.41. The van der Waals surface area contributed by atoms with E-state index in [4.69, 9.17) is 4.74 Å². The molecule has 9 heteroatoms. The number of nitrogens with zero attached hydrogens (tertiary/aromatic N) is 5. The van der Waals surface area contributed by atoms with Gasteiger partial charge in [-0.1, -0.05) is 12.1 Å². The van der Waals surface area contributed by atoms with Gasteiger partial charge in [0.1, 0.15) is 11.5 Å². The molecule has 2 fully saturated rings. The molecule has 6 rings (SSSR count). The number of hydrogen-bond donors (Lipinski definition) is 2. The monoisotopic (exact) mass is 443 g/mol. The van der Waals surface area contributed by atoms with Crippen LogP contribution in [0, 0.1) is 5.41 Å². The maximum atomic E-state index is 12.8. The highest BCUT2D eigenvalue weighted by atomic mass is 16.5. The zero-order valence-electron chi connectivity index (χ0n) is 18.4. The van der Waals surface area contributed by atoms with Crippen LogP contribution in [-0.4, -0.2) is 56.9 Å². The number of carbonyl (C=O) groups excluding carboxylic acids is 1. The van der Waals surface area contributed by atoms with E-state index in [-0.39, 0.29) is 5.91 Å². The first-order valence-corrected chi connectivity index (χ1v) is 11.2. The lowest BCUT2D eigenvalue weighted by Gasteiger charge is -2.47. The number of anilines is 2. The van der Waals surface area contributed by atoms with Gasteiger partial charge in [-0.2, -0.15) is 5.10 Å². The van der Waals surface area contributed by atoms with Crippen molar-refractivity contribution in [2.24, 2.45) is 12.5 Å². The van der Waals surface area contributed by atoms with Crippen LogP contribution in [0.15, 0.2) is 48.7 Å². The number of benzene rings is 1. The summed E-state index contributed by atoms with van der Waals surface area (Å²) in [4.78, 5) is 27.5. The van der Waals surface area contributed by atoms with Crippen LogP contribution in [0.2, 0.25) is 0 Å². The third-order valence-corrected chi connectivity index (χ3v) is 6.73. The van der Waals surface area contributed by atoms with E-state index in [9.17, 15) is 4.79 Å². The van der Waals surface area contributed by atoms with Gasteiger partial charge in [0.25, 0.3) is 5.91 Å². The highest BCUT2D eigenvalue weighted by Gasteiger charge is 2.41. The van der Waals surface area contributed by atoms with Crippen molar-refractivity contribution in [1.29, 1.82) is 0 Å². The molecule has 5 heterocycles. The molecule has 9 nitrogen and oxygen atoms in total. The van der Waals surface area contributed by atoms with Crippen molar-refractivity contribution >= 4 is 28.6 Å². The Morgan fingerprint density at radius 1 is 1.15 bits per heavy atom. The molecule has 0 saturated carbocycles. The Hall–Kier alpha value is -3.72. The van der Waals surface area contributed by atoms with E-state index in [0.29, 0.717) is 22.6 Å². The number of piperidine rings is 1. The summed E-state index contributed by atoms with van der Waals surface area (Å²) in [5.41, 5.74) is 3.51. The zero-order valence-corrected chi connectivity index (χ0v) is 18.4. The largest absolute Gasteiger partial charge is 0.380 e. The second-order valence-electron chi connectivity index (χ2n) is 8.98. The number of para-hydroxylation sites is 2. The van der Waals surface area contributed by atoms with E-state index in [2.05, 4.69) is 30.3 Å². The van der Waals surface area contributed by atoms with Crippen LogP contribution in [0.3, 0.4) is 0 Å². The van der Waals surface area contributed by atoms with Gasteiger partial charge in [0.2, 0.25) is 0 Å². The van der Waals surface area contributed by atoms with Gasteiger partial charge in [-0.25, -0.2) is 9.97 Å². The van der Waals surface area contributed by atoms with Crippen LogP contribution in [0.5, 0.6) is 0 Å². The molecule has 33 heavy (non-hydrogen) atoms. The Morgan fingerprint density at radius 2 is 1.97 bits per heavy atom. The lowest BCUT2D eigenvalue weighted by molar-refractivity contribution is -0.124. The van der Waals surface area contributed by atoms with E-state index in [1.807, 2.05) is 49.5 Å². The van der Waals surface area contributed by atoms with Gasteiger partial charge in [-0.3, -0.25) is 9.48 Å². The van der Waals surface area contributed by atoms with Crippen molar-refractivity contribution < 1.29 is 9.53 Å². The number of ether oxygens (including phenoxy) is 1. The number of imidazole rings is 1. The van der Waals surface area contributed by atoms with Crippen LogP contribution >= 0.6 is 0 Å². The van der Waals surface area contributed by atoms with E-state index >= 15 is 0 Å². The molecule has 0 radical (unpaired) electrons. The first-order chi connectivity index (χ1) is 16.1. The lowest BCUT2D eigenvalue weighted by atomic mass is 9.77. The number of fused-ring (bicyclic) bond motifs is 1. The third-order valence-electron chi connectivity index (χ3n) is 6.73. The number of aryl methyl sites for hydroxylation is 1. The number of hydrogen-bond acceptors (Lipinski definition) is 6. The summed E-state index contributed by atoms with van der Waals surface area (Å²) in [6.07, 6.45) is 3.89. The van der Waals surface area contributed by atoms with Crippen LogP contribution in [0.4, 0.5) is 11.6 Å². The molecule has 2 N–H and O–H groups in total. The van der Waals surface area contributed by atoms with Crippen molar-refractivity contribution in [3.8, 4) is 11.5 Å². The second kappa shape index (κ2) is 7.70. The van der Waals surface area contributed by atoms with Gasteiger partial charge in [-0.15, -0.1) is 0 Å². The molecule has 168 valence electrons. The van der Waals surface area contributed by atoms with Crippen molar-refractivity contribution in [3.63, 3.8) is 0 Å². The molecule has 1 aromatic carbocycles.